The first-order valence-corrected chi connectivity index (χ1v) is 6.43. The second kappa shape index (κ2) is 7.24. The molecule has 3 unspecified atom stereocenters. The summed E-state index contributed by atoms with van der Waals surface area (Å²) in [6.07, 6.45) is 5.66. The highest BCUT2D eigenvalue weighted by molar-refractivity contribution is 4.75. The molecular formula is C13H27NO. The van der Waals surface area contributed by atoms with Gasteiger partial charge in [-0.1, -0.05) is 26.7 Å². The van der Waals surface area contributed by atoms with Gasteiger partial charge in [-0.05, 0) is 37.1 Å². The van der Waals surface area contributed by atoms with E-state index in [2.05, 4.69) is 19.2 Å². The number of nitrogens with one attached hydrogen (secondary N) is 1. The summed E-state index contributed by atoms with van der Waals surface area (Å²) in [5, 5.41) is 3.43. The third-order valence-electron chi connectivity index (χ3n) is 3.92. The Hall–Kier alpha value is -0.0800. The quantitative estimate of drug-likeness (QED) is 0.685. The van der Waals surface area contributed by atoms with Crippen molar-refractivity contribution < 1.29 is 4.74 Å². The van der Waals surface area contributed by atoms with Crippen LogP contribution in [0.4, 0.5) is 0 Å². The maximum Gasteiger partial charge on any atom is 0.0587 e. The Morgan fingerprint density at radius 3 is 2.60 bits per heavy atom. The van der Waals surface area contributed by atoms with E-state index >= 15 is 0 Å². The summed E-state index contributed by atoms with van der Waals surface area (Å²) in [6, 6.07) is 0. The van der Waals surface area contributed by atoms with Crippen molar-refractivity contribution in [3.05, 3.63) is 0 Å². The van der Waals surface area contributed by atoms with Gasteiger partial charge in [-0.25, -0.2) is 0 Å². The van der Waals surface area contributed by atoms with Crippen LogP contribution in [0.3, 0.4) is 0 Å². The molecule has 1 fully saturated rings. The number of ether oxygens (including phenoxy) is 1. The molecule has 3 atom stereocenters. The normalized spacial score (nSPS) is 31.8. The Bertz CT molecular complexity index is 161. The van der Waals surface area contributed by atoms with Crippen LogP contribution < -0.4 is 5.32 Å². The van der Waals surface area contributed by atoms with Gasteiger partial charge in [0.05, 0.1) is 6.61 Å². The first-order valence-electron chi connectivity index (χ1n) is 6.43. The highest BCUT2D eigenvalue weighted by Gasteiger charge is 2.23. The molecule has 1 rings (SSSR count). The van der Waals surface area contributed by atoms with Crippen LogP contribution in [0.25, 0.3) is 0 Å². The van der Waals surface area contributed by atoms with E-state index in [1.54, 1.807) is 7.11 Å². The van der Waals surface area contributed by atoms with Crippen LogP contribution in [0.1, 0.15) is 39.5 Å². The molecular weight excluding hydrogens is 186 g/mol. The van der Waals surface area contributed by atoms with Gasteiger partial charge in [0.1, 0.15) is 0 Å². The van der Waals surface area contributed by atoms with Crippen LogP contribution in [0.15, 0.2) is 0 Å². The Labute approximate surface area is 94.8 Å². The lowest BCUT2D eigenvalue weighted by Gasteiger charge is -2.32. The summed E-state index contributed by atoms with van der Waals surface area (Å²) in [5.74, 6) is 2.84. The van der Waals surface area contributed by atoms with Crippen molar-refractivity contribution >= 4 is 0 Å². The van der Waals surface area contributed by atoms with E-state index in [1.807, 2.05) is 0 Å². The van der Waals surface area contributed by atoms with E-state index in [4.69, 9.17) is 4.74 Å². The average Bonchev–Trinajstić information content (AvgIpc) is 2.23. The Kier molecular flexibility index (Phi) is 6.26. The largest absolute Gasteiger partial charge is 0.383 e. The maximum absolute atomic E-state index is 5.00. The number of rotatable bonds is 6. The lowest BCUT2D eigenvalue weighted by Crippen LogP contribution is -2.26. The number of hydrogen-bond donors (Lipinski definition) is 1. The fourth-order valence-corrected chi connectivity index (χ4v) is 2.53. The predicted molar refractivity (Wildman–Crippen MR) is 65.0 cm³/mol. The lowest BCUT2D eigenvalue weighted by molar-refractivity contribution is 0.188. The molecule has 0 aromatic heterocycles. The molecule has 0 saturated heterocycles. The SMILES string of the molecule is COCCNCCC1CCC(C)C(C)C1. The molecule has 2 nitrogen and oxygen atoms in total. The van der Waals surface area contributed by atoms with E-state index in [0.29, 0.717) is 0 Å². The van der Waals surface area contributed by atoms with Gasteiger partial charge in [0.15, 0.2) is 0 Å². The third-order valence-corrected chi connectivity index (χ3v) is 3.92. The Balaban J connectivity index is 2.02. The van der Waals surface area contributed by atoms with Gasteiger partial charge in [-0.2, -0.15) is 0 Å². The lowest BCUT2D eigenvalue weighted by atomic mass is 9.75. The van der Waals surface area contributed by atoms with Gasteiger partial charge < -0.3 is 10.1 Å². The van der Waals surface area contributed by atoms with Crippen molar-refractivity contribution in [2.75, 3.05) is 26.8 Å². The van der Waals surface area contributed by atoms with Gasteiger partial charge in [0, 0.05) is 13.7 Å². The van der Waals surface area contributed by atoms with Gasteiger partial charge in [-0.15, -0.1) is 0 Å². The molecule has 2 heteroatoms. The standard InChI is InChI=1S/C13H27NO/c1-11-4-5-13(10-12(11)2)6-7-14-8-9-15-3/h11-14H,4-10H2,1-3H3. The molecule has 0 bridgehead atoms. The highest BCUT2D eigenvalue weighted by Crippen LogP contribution is 2.34. The second-order valence-corrected chi connectivity index (χ2v) is 5.17. The molecule has 0 spiro atoms. The Morgan fingerprint density at radius 1 is 1.13 bits per heavy atom. The minimum absolute atomic E-state index is 0.831. The first-order chi connectivity index (χ1) is 7.24. The van der Waals surface area contributed by atoms with Crippen LogP contribution in [-0.2, 0) is 4.74 Å². The van der Waals surface area contributed by atoms with Crippen molar-refractivity contribution in [3.8, 4) is 0 Å². The molecule has 1 aliphatic rings. The van der Waals surface area contributed by atoms with Crippen LogP contribution >= 0.6 is 0 Å². The molecule has 0 radical (unpaired) electrons. The van der Waals surface area contributed by atoms with Crippen LogP contribution in [0.2, 0.25) is 0 Å². The van der Waals surface area contributed by atoms with E-state index in [-0.39, 0.29) is 0 Å². The highest BCUT2D eigenvalue weighted by atomic mass is 16.5. The average molecular weight is 213 g/mol. The molecule has 1 N–H and O–H groups in total. The van der Waals surface area contributed by atoms with Gasteiger partial charge in [-0.3, -0.25) is 0 Å². The summed E-state index contributed by atoms with van der Waals surface area (Å²) in [5.41, 5.74) is 0. The van der Waals surface area contributed by atoms with E-state index in [1.165, 1.54) is 25.7 Å². The Morgan fingerprint density at radius 2 is 1.93 bits per heavy atom. The van der Waals surface area contributed by atoms with Crippen molar-refractivity contribution in [3.63, 3.8) is 0 Å². The van der Waals surface area contributed by atoms with Crippen molar-refractivity contribution in [1.29, 1.82) is 0 Å². The zero-order valence-corrected chi connectivity index (χ0v) is 10.6. The smallest absolute Gasteiger partial charge is 0.0587 e. The summed E-state index contributed by atoms with van der Waals surface area (Å²) in [6.45, 7) is 7.80. The van der Waals surface area contributed by atoms with Crippen molar-refractivity contribution in [1.82, 2.24) is 5.32 Å². The van der Waals surface area contributed by atoms with Crippen LogP contribution in [-0.4, -0.2) is 26.8 Å². The van der Waals surface area contributed by atoms with E-state index in [0.717, 1.165) is 37.5 Å². The van der Waals surface area contributed by atoms with Gasteiger partial charge >= 0.3 is 0 Å². The van der Waals surface area contributed by atoms with Crippen LogP contribution in [0.5, 0.6) is 0 Å². The molecule has 0 aliphatic heterocycles. The molecule has 1 aliphatic carbocycles. The zero-order valence-electron chi connectivity index (χ0n) is 10.6. The monoisotopic (exact) mass is 213 g/mol. The van der Waals surface area contributed by atoms with Crippen molar-refractivity contribution in [2.45, 2.75) is 39.5 Å². The van der Waals surface area contributed by atoms with Gasteiger partial charge in [0.2, 0.25) is 0 Å². The summed E-state index contributed by atoms with van der Waals surface area (Å²) < 4.78 is 5.00. The fraction of sp³-hybridized carbons (Fsp3) is 1.00. The maximum atomic E-state index is 5.00. The molecule has 1 saturated carbocycles. The number of hydrogen-bond acceptors (Lipinski definition) is 2. The number of methoxy groups -OCH3 is 1. The summed E-state index contributed by atoms with van der Waals surface area (Å²) >= 11 is 0. The molecule has 0 heterocycles. The molecule has 15 heavy (non-hydrogen) atoms. The minimum atomic E-state index is 0.831. The van der Waals surface area contributed by atoms with E-state index < -0.39 is 0 Å². The summed E-state index contributed by atoms with van der Waals surface area (Å²) in [4.78, 5) is 0. The van der Waals surface area contributed by atoms with Crippen molar-refractivity contribution in [2.24, 2.45) is 17.8 Å². The topological polar surface area (TPSA) is 21.3 Å². The second-order valence-electron chi connectivity index (χ2n) is 5.17. The van der Waals surface area contributed by atoms with E-state index in [9.17, 15) is 0 Å². The fourth-order valence-electron chi connectivity index (χ4n) is 2.53. The molecule has 0 aromatic rings. The molecule has 90 valence electrons. The van der Waals surface area contributed by atoms with Crippen LogP contribution in [0, 0.1) is 17.8 Å². The third kappa shape index (κ3) is 4.98. The minimum Gasteiger partial charge on any atom is -0.383 e. The molecule has 0 amide bonds. The molecule has 0 aromatic carbocycles. The predicted octanol–water partition coefficient (Wildman–Crippen LogP) is 2.68. The zero-order chi connectivity index (χ0) is 11.1. The summed E-state index contributed by atoms with van der Waals surface area (Å²) in [7, 11) is 1.76. The van der Waals surface area contributed by atoms with Gasteiger partial charge in [0.25, 0.3) is 0 Å². The first kappa shape index (κ1) is 13.0.